The molecule has 7 aromatic carbocycles. The van der Waals surface area contributed by atoms with Gasteiger partial charge in [0.2, 0.25) is 0 Å². The average Bonchev–Trinajstić information content (AvgIpc) is 3.38. The van der Waals surface area contributed by atoms with Crippen molar-refractivity contribution in [1.82, 2.24) is 0 Å². The molecular weight excluding hydrogens is 502 g/mol. The molecule has 0 unspecified atom stereocenters. The summed E-state index contributed by atoms with van der Waals surface area (Å²) in [7, 11) is 0. The average molecular weight is 528 g/mol. The van der Waals surface area contributed by atoms with Gasteiger partial charge in [-0.05, 0) is 87.3 Å². The maximum absolute atomic E-state index is 2.37. The van der Waals surface area contributed by atoms with Crippen LogP contribution in [0.1, 0.15) is 0 Å². The van der Waals surface area contributed by atoms with Crippen LogP contribution in [-0.4, -0.2) is 0 Å². The van der Waals surface area contributed by atoms with Crippen molar-refractivity contribution in [3.05, 3.63) is 152 Å². The van der Waals surface area contributed by atoms with Crippen molar-refractivity contribution in [1.29, 1.82) is 0 Å². The van der Waals surface area contributed by atoms with Gasteiger partial charge in [-0.15, -0.1) is 11.3 Å². The van der Waals surface area contributed by atoms with Gasteiger partial charge >= 0.3 is 0 Å². The highest BCUT2D eigenvalue weighted by molar-refractivity contribution is 7.25. The van der Waals surface area contributed by atoms with Crippen LogP contribution in [-0.2, 0) is 0 Å². The monoisotopic (exact) mass is 527 g/mol. The van der Waals surface area contributed by atoms with E-state index < -0.39 is 0 Å². The molecule has 0 amide bonds. The lowest BCUT2D eigenvalue weighted by Gasteiger charge is -2.26. The zero-order valence-corrected chi connectivity index (χ0v) is 22.6. The van der Waals surface area contributed by atoms with Gasteiger partial charge in [-0.25, -0.2) is 0 Å². The third kappa shape index (κ3) is 3.93. The van der Waals surface area contributed by atoms with Crippen molar-refractivity contribution in [3.8, 4) is 11.1 Å². The second kappa shape index (κ2) is 9.37. The van der Waals surface area contributed by atoms with E-state index in [9.17, 15) is 0 Å². The van der Waals surface area contributed by atoms with E-state index >= 15 is 0 Å². The van der Waals surface area contributed by atoms with E-state index in [1.807, 2.05) is 11.3 Å². The molecule has 1 aromatic heterocycles. The minimum atomic E-state index is 1.14. The van der Waals surface area contributed by atoms with Gasteiger partial charge < -0.3 is 4.90 Å². The van der Waals surface area contributed by atoms with E-state index in [1.165, 1.54) is 52.8 Å². The van der Waals surface area contributed by atoms with Crippen LogP contribution in [0.15, 0.2) is 152 Å². The van der Waals surface area contributed by atoms with Crippen LogP contribution in [0.25, 0.3) is 52.8 Å². The molecule has 0 atom stereocenters. The molecule has 8 aromatic rings. The van der Waals surface area contributed by atoms with Crippen LogP contribution in [0, 0.1) is 0 Å². The maximum Gasteiger partial charge on any atom is 0.0468 e. The molecule has 0 radical (unpaired) electrons. The summed E-state index contributed by atoms with van der Waals surface area (Å²) in [6, 6.07) is 55.0. The van der Waals surface area contributed by atoms with Crippen molar-refractivity contribution in [2.75, 3.05) is 4.90 Å². The molecule has 8 rings (SSSR count). The first-order valence-corrected chi connectivity index (χ1v) is 14.4. The Hall–Kier alpha value is -4.92. The highest BCUT2D eigenvalue weighted by Gasteiger charge is 2.15. The summed E-state index contributed by atoms with van der Waals surface area (Å²) < 4.78 is 2.67. The number of hydrogen-bond acceptors (Lipinski definition) is 2. The van der Waals surface area contributed by atoms with E-state index in [0.717, 1.165) is 17.1 Å². The first kappa shape index (κ1) is 23.0. The van der Waals surface area contributed by atoms with E-state index in [4.69, 9.17) is 0 Å². The number of thiophene rings is 1. The molecule has 0 aliphatic rings. The third-order valence-corrected chi connectivity index (χ3v) is 8.94. The molecular formula is C38H25NS. The summed E-state index contributed by atoms with van der Waals surface area (Å²) in [5, 5.41) is 7.67. The zero-order chi connectivity index (χ0) is 26.5. The van der Waals surface area contributed by atoms with E-state index in [1.54, 1.807) is 0 Å². The van der Waals surface area contributed by atoms with Crippen LogP contribution in [0.3, 0.4) is 0 Å². The Kier molecular flexibility index (Phi) is 5.39. The number of nitrogens with zero attached hydrogens (tertiary/aromatic N) is 1. The molecule has 1 nitrogen and oxygen atoms in total. The smallest absolute Gasteiger partial charge is 0.0468 e. The van der Waals surface area contributed by atoms with Gasteiger partial charge in [-0.3, -0.25) is 0 Å². The van der Waals surface area contributed by atoms with E-state index in [0.29, 0.717) is 0 Å². The molecule has 0 aliphatic carbocycles. The summed E-state index contributed by atoms with van der Waals surface area (Å²) in [4.78, 5) is 2.37. The topological polar surface area (TPSA) is 3.24 Å². The van der Waals surface area contributed by atoms with Crippen molar-refractivity contribution in [2.45, 2.75) is 0 Å². The van der Waals surface area contributed by atoms with E-state index in [2.05, 4.69) is 157 Å². The fourth-order valence-electron chi connectivity index (χ4n) is 5.79. The molecule has 0 spiro atoms. The molecule has 0 bridgehead atoms. The lowest BCUT2D eigenvalue weighted by atomic mass is 10.0. The summed E-state index contributed by atoms with van der Waals surface area (Å²) in [6.45, 7) is 0. The minimum absolute atomic E-state index is 1.14. The van der Waals surface area contributed by atoms with Gasteiger partial charge in [0, 0.05) is 37.2 Å². The number of hydrogen-bond donors (Lipinski definition) is 0. The Morgan fingerprint density at radius 1 is 0.350 bits per heavy atom. The normalized spacial score (nSPS) is 11.5. The molecule has 0 saturated carbocycles. The second-order valence-corrected chi connectivity index (χ2v) is 11.3. The van der Waals surface area contributed by atoms with Crippen molar-refractivity contribution in [3.63, 3.8) is 0 Å². The number of anilines is 3. The fourth-order valence-corrected chi connectivity index (χ4v) is 6.93. The third-order valence-electron chi connectivity index (χ3n) is 7.80. The number of rotatable bonds is 4. The van der Waals surface area contributed by atoms with Crippen LogP contribution < -0.4 is 4.90 Å². The predicted molar refractivity (Wildman–Crippen MR) is 174 cm³/mol. The number of fused-ring (bicyclic) bond motifs is 5. The Morgan fingerprint density at radius 2 is 0.950 bits per heavy atom. The summed E-state index contributed by atoms with van der Waals surface area (Å²) in [5.74, 6) is 0. The molecule has 0 aliphatic heterocycles. The second-order valence-electron chi connectivity index (χ2n) is 10.3. The molecule has 1 heterocycles. The van der Waals surface area contributed by atoms with Crippen molar-refractivity contribution in [2.24, 2.45) is 0 Å². The standard InChI is InChI=1S/C38H25NS/c1-2-8-26(9-3-1)28-14-18-32(19-15-28)39(33-20-16-27-10-4-5-11-29(27)22-33)34-21-17-30-24-36-35-12-6-7-13-37(35)40-38(36)25-31(30)23-34/h1-25H. The van der Waals surface area contributed by atoms with Crippen LogP contribution >= 0.6 is 11.3 Å². The lowest BCUT2D eigenvalue weighted by molar-refractivity contribution is 1.29. The minimum Gasteiger partial charge on any atom is -0.310 e. The van der Waals surface area contributed by atoms with Gasteiger partial charge in [0.05, 0.1) is 0 Å². The lowest BCUT2D eigenvalue weighted by Crippen LogP contribution is -2.09. The Morgan fingerprint density at radius 3 is 1.77 bits per heavy atom. The van der Waals surface area contributed by atoms with Crippen LogP contribution in [0.2, 0.25) is 0 Å². The molecule has 40 heavy (non-hydrogen) atoms. The van der Waals surface area contributed by atoms with Crippen molar-refractivity contribution < 1.29 is 0 Å². The molecule has 2 heteroatoms. The molecule has 0 N–H and O–H groups in total. The molecule has 188 valence electrons. The highest BCUT2D eigenvalue weighted by atomic mass is 32.1. The maximum atomic E-state index is 2.37. The van der Waals surface area contributed by atoms with E-state index in [-0.39, 0.29) is 0 Å². The summed E-state index contributed by atoms with van der Waals surface area (Å²) in [6.07, 6.45) is 0. The SMILES string of the molecule is c1ccc(-c2ccc(N(c3ccc4ccccc4c3)c3ccc4cc5c(cc4c3)sc3ccccc35)cc2)cc1. The van der Waals surface area contributed by atoms with Crippen LogP contribution in [0.4, 0.5) is 17.1 Å². The van der Waals surface area contributed by atoms with Gasteiger partial charge in [-0.2, -0.15) is 0 Å². The van der Waals surface area contributed by atoms with Gasteiger partial charge in [0.15, 0.2) is 0 Å². The predicted octanol–water partition coefficient (Wildman–Crippen LogP) is 11.5. The Bertz CT molecular complexity index is 2160. The summed E-state index contributed by atoms with van der Waals surface area (Å²) >= 11 is 1.87. The van der Waals surface area contributed by atoms with Crippen LogP contribution in [0.5, 0.6) is 0 Å². The molecule has 0 saturated heterocycles. The Labute approximate surface area is 237 Å². The first-order valence-electron chi connectivity index (χ1n) is 13.6. The first-order chi connectivity index (χ1) is 19.8. The zero-order valence-electron chi connectivity index (χ0n) is 21.8. The summed E-state index contributed by atoms with van der Waals surface area (Å²) in [5.41, 5.74) is 5.87. The highest BCUT2D eigenvalue weighted by Crippen LogP contribution is 2.41. The van der Waals surface area contributed by atoms with Gasteiger partial charge in [0.25, 0.3) is 0 Å². The Balaban J connectivity index is 1.29. The quantitative estimate of drug-likeness (QED) is 0.220. The number of benzene rings is 7. The van der Waals surface area contributed by atoms with Gasteiger partial charge in [-0.1, -0.05) is 97.1 Å². The fraction of sp³-hybridized carbons (Fsp3) is 0. The molecule has 0 fully saturated rings. The van der Waals surface area contributed by atoms with Gasteiger partial charge in [0.1, 0.15) is 0 Å². The van der Waals surface area contributed by atoms with Crippen molar-refractivity contribution >= 4 is 70.1 Å². The largest absolute Gasteiger partial charge is 0.310 e.